The fraction of sp³-hybridized carbons (Fsp3) is 0.520. The summed E-state index contributed by atoms with van der Waals surface area (Å²) >= 11 is 0. The van der Waals surface area contributed by atoms with Crippen LogP contribution in [0, 0.1) is 25.6 Å². The molecule has 0 spiro atoms. The third kappa shape index (κ3) is 4.96. The number of aryl methyl sites for hydroxylation is 2. The van der Waals surface area contributed by atoms with Crippen LogP contribution in [0.5, 0.6) is 0 Å². The van der Waals surface area contributed by atoms with Crippen LogP contribution in [0.25, 0.3) is 0 Å². The number of sulfonamides is 1. The minimum atomic E-state index is -3.77. The first-order valence-corrected chi connectivity index (χ1v) is 13.1. The Hall–Kier alpha value is -2.32. The normalized spacial score (nSPS) is 19.1. The van der Waals surface area contributed by atoms with Crippen LogP contribution in [-0.4, -0.2) is 54.7 Å². The number of benzene rings is 1. The van der Waals surface area contributed by atoms with Crippen LogP contribution in [0.4, 0.5) is 4.39 Å². The molecule has 1 aromatic heterocycles. The highest BCUT2D eigenvalue weighted by Gasteiger charge is 2.33. The van der Waals surface area contributed by atoms with Gasteiger partial charge in [-0.25, -0.2) is 12.8 Å². The SMILES string of the molecule is Cc1ccc(C(=O)N2CCC(C)CC2)c(C2CCN(S(=O)(=O)c3ccc(C)c(F)c3)CC2)n1. The minimum Gasteiger partial charge on any atom is -0.339 e. The van der Waals surface area contributed by atoms with Gasteiger partial charge >= 0.3 is 0 Å². The number of halogens is 1. The van der Waals surface area contributed by atoms with E-state index in [4.69, 9.17) is 4.98 Å². The van der Waals surface area contributed by atoms with Crippen LogP contribution in [0.1, 0.15) is 65.8 Å². The van der Waals surface area contributed by atoms with Crippen molar-refractivity contribution in [3.8, 4) is 0 Å². The Morgan fingerprint density at radius 3 is 2.30 bits per heavy atom. The molecule has 3 heterocycles. The van der Waals surface area contributed by atoms with Crippen molar-refractivity contribution in [1.29, 1.82) is 0 Å². The number of carbonyl (C=O) groups excluding carboxylic acids is 1. The lowest BCUT2D eigenvalue weighted by Crippen LogP contribution is -2.40. The molecule has 2 aliphatic rings. The molecule has 4 rings (SSSR count). The highest BCUT2D eigenvalue weighted by Crippen LogP contribution is 2.33. The molecule has 2 aliphatic heterocycles. The molecule has 178 valence electrons. The lowest BCUT2D eigenvalue weighted by molar-refractivity contribution is 0.0694. The zero-order chi connectivity index (χ0) is 23.8. The van der Waals surface area contributed by atoms with E-state index in [0.717, 1.165) is 43.4 Å². The number of amides is 1. The smallest absolute Gasteiger partial charge is 0.255 e. The summed E-state index contributed by atoms with van der Waals surface area (Å²) < 4.78 is 41.5. The number of likely N-dealkylation sites (tertiary alicyclic amines) is 1. The van der Waals surface area contributed by atoms with Gasteiger partial charge in [0.15, 0.2) is 0 Å². The van der Waals surface area contributed by atoms with Crippen LogP contribution in [0.15, 0.2) is 35.2 Å². The molecule has 0 atom stereocenters. The number of aromatic nitrogens is 1. The zero-order valence-electron chi connectivity index (χ0n) is 19.6. The second kappa shape index (κ2) is 9.50. The van der Waals surface area contributed by atoms with Gasteiger partial charge in [0.1, 0.15) is 5.82 Å². The van der Waals surface area contributed by atoms with Gasteiger partial charge in [-0.2, -0.15) is 4.31 Å². The van der Waals surface area contributed by atoms with E-state index in [1.165, 1.54) is 16.4 Å². The Kier molecular flexibility index (Phi) is 6.86. The van der Waals surface area contributed by atoms with E-state index in [-0.39, 0.29) is 16.7 Å². The highest BCUT2D eigenvalue weighted by atomic mass is 32.2. The van der Waals surface area contributed by atoms with E-state index in [1.54, 1.807) is 6.92 Å². The van der Waals surface area contributed by atoms with Crippen LogP contribution >= 0.6 is 0 Å². The van der Waals surface area contributed by atoms with Gasteiger partial charge in [-0.15, -0.1) is 0 Å². The fourth-order valence-corrected chi connectivity index (χ4v) is 6.19. The summed E-state index contributed by atoms with van der Waals surface area (Å²) in [5, 5.41) is 0. The molecule has 0 saturated carbocycles. The Bertz CT molecular complexity index is 1140. The van der Waals surface area contributed by atoms with Gasteiger partial charge in [0, 0.05) is 37.8 Å². The average Bonchev–Trinajstić information content (AvgIpc) is 2.81. The molecule has 0 radical (unpaired) electrons. The molecule has 0 unspecified atom stereocenters. The van der Waals surface area contributed by atoms with Crippen LogP contribution in [0.3, 0.4) is 0 Å². The standard InChI is InChI=1S/C25H32FN3O3S/c1-17-8-12-28(13-9-17)25(30)22-7-5-19(3)27-24(22)20-10-14-29(15-11-20)33(31,32)21-6-4-18(2)23(26)16-21/h4-7,16-17,20H,8-15H2,1-3H3. The van der Waals surface area contributed by atoms with E-state index in [2.05, 4.69) is 6.92 Å². The van der Waals surface area contributed by atoms with Crippen molar-refractivity contribution in [1.82, 2.24) is 14.2 Å². The Morgan fingerprint density at radius 2 is 1.67 bits per heavy atom. The monoisotopic (exact) mass is 473 g/mol. The number of carbonyl (C=O) groups is 1. The van der Waals surface area contributed by atoms with Crippen molar-refractivity contribution in [3.05, 3.63) is 58.7 Å². The predicted octanol–water partition coefficient (Wildman–Crippen LogP) is 4.28. The minimum absolute atomic E-state index is 0.00812. The van der Waals surface area contributed by atoms with Crippen LogP contribution in [0.2, 0.25) is 0 Å². The van der Waals surface area contributed by atoms with E-state index < -0.39 is 15.8 Å². The van der Waals surface area contributed by atoms with E-state index in [1.807, 2.05) is 24.0 Å². The molecule has 2 saturated heterocycles. The van der Waals surface area contributed by atoms with E-state index in [9.17, 15) is 17.6 Å². The quantitative estimate of drug-likeness (QED) is 0.665. The maximum absolute atomic E-state index is 14.0. The first kappa shape index (κ1) is 23.8. The molecule has 8 heteroatoms. The van der Waals surface area contributed by atoms with Gasteiger partial charge in [-0.3, -0.25) is 9.78 Å². The van der Waals surface area contributed by atoms with Crippen molar-refractivity contribution in [2.45, 2.75) is 57.3 Å². The first-order valence-electron chi connectivity index (χ1n) is 11.7. The molecular weight excluding hydrogens is 441 g/mol. The summed E-state index contributed by atoms with van der Waals surface area (Å²) in [4.78, 5) is 19.9. The van der Waals surface area contributed by atoms with Crippen molar-refractivity contribution < 1.29 is 17.6 Å². The third-order valence-corrected chi connectivity index (χ3v) is 8.88. The summed E-state index contributed by atoms with van der Waals surface area (Å²) in [6.07, 6.45) is 3.16. The number of rotatable bonds is 4. The van der Waals surface area contributed by atoms with Crippen LogP contribution in [-0.2, 0) is 10.0 Å². The Labute approximate surface area is 195 Å². The molecule has 0 bridgehead atoms. The number of pyridine rings is 1. The first-order chi connectivity index (χ1) is 15.7. The van der Waals surface area contributed by atoms with E-state index >= 15 is 0 Å². The third-order valence-electron chi connectivity index (χ3n) is 6.99. The molecule has 0 N–H and O–H groups in total. The summed E-state index contributed by atoms with van der Waals surface area (Å²) in [7, 11) is -3.77. The van der Waals surface area contributed by atoms with Gasteiger partial charge < -0.3 is 4.90 Å². The molecule has 1 amide bonds. The lowest BCUT2D eigenvalue weighted by Gasteiger charge is -2.33. The molecule has 2 aromatic rings. The number of hydrogen-bond acceptors (Lipinski definition) is 4. The largest absolute Gasteiger partial charge is 0.339 e. The molecule has 33 heavy (non-hydrogen) atoms. The lowest BCUT2D eigenvalue weighted by atomic mass is 9.90. The molecule has 1 aromatic carbocycles. The molecule has 0 aliphatic carbocycles. The fourth-order valence-electron chi connectivity index (χ4n) is 4.70. The topological polar surface area (TPSA) is 70.6 Å². The van der Waals surface area contributed by atoms with Gasteiger partial charge in [-0.05, 0) is 75.3 Å². The van der Waals surface area contributed by atoms with Crippen molar-refractivity contribution in [2.75, 3.05) is 26.2 Å². The van der Waals surface area contributed by atoms with Crippen molar-refractivity contribution in [2.24, 2.45) is 5.92 Å². The van der Waals surface area contributed by atoms with Gasteiger partial charge in [0.05, 0.1) is 16.2 Å². The van der Waals surface area contributed by atoms with Crippen molar-refractivity contribution >= 4 is 15.9 Å². The highest BCUT2D eigenvalue weighted by molar-refractivity contribution is 7.89. The van der Waals surface area contributed by atoms with E-state index in [0.29, 0.717) is 43.0 Å². The second-order valence-corrected chi connectivity index (χ2v) is 11.4. The average molecular weight is 474 g/mol. The second-order valence-electron chi connectivity index (χ2n) is 9.45. The number of hydrogen-bond donors (Lipinski definition) is 0. The number of piperidine rings is 2. The zero-order valence-corrected chi connectivity index (χ0v) is 20.4. The van der Waals surface area contributed by atoms with Gasteiger partial charge in [0.25, 0.3) is 5.91 Å². The number of nitrogens with zero attached hydrogens (tertiary/aromatic N) is 3. The summed E-state index contributed by atoms with van der Waals surface area (Å²) in [6.45, 7) is 7.88. The van der Waals surface area contributed by atoms with Crippen molar-refractivity contribution in [3.63, 3.8) is 0 Å². The predicted molar refractivity (Wildman–Crippen MR) is 125 cm³/mol. The maximum atomic E-state index is 14.0. The molecule has 2 fully saturated rings. The van der Waals surface area contributed by atoms with Gasteiger partial charge in [-0.1, -0.05) is 13.0 Å². The molecule has 6 nitrogen and oxygen atoms in total. The molecular formula is C25H32FN3O3S. The maximum Gasteiger partial charge on any atom is 0.255 e. The van der Waals surface area contributed by atoms with Gasteiger partial charge in [0.2, 0.25) is 10.0 Å². The van der Waals surface area contributed by atoms with Crippen LogP contribution < -0.4 is 0 Å². The summed E-state index contributed by atoms with van der Waals surface area (Å²) in [5.41, 5.74) is 2.67. The Morgan fingerprint density at radius 1 is 1.00 bits per heavy atom. The Balaban J connectivity index is 1.51. The summed E-state index contributed by atoms with van der Waals surface area (Å²) in [5.74, 6) is 0.145. The summed E-state index contributed by atoms with van der Waals surface area (Å²) in [6, 6.07) is 7.78.